The number of nitrogens with one attached hydrogen (secondary N) is 1. The van der Waals surface area contributed by atoms with Crippen molar-refractivity contribution in [3.63, 3.8) is 0 Å². The average molecular weight is 388 g/mol. The highest BCUT2D eigenvalue weighted by atomic mass is 32.2. The van der Waals surface area contributed by atoms with Crippen LogP contribution in [0.3, 0.4) is 0 Å². The number of aromatic nitrogens is 4. The highest BCUT2D eigenvalue weighted by Crippen LogP contribution is 2.21. The molecular formula is C18H24N6O2S. The maximum atomic E-state index is 12.4. The number of aromatic amines is 1. The molecule has 0 spiro atoms. The third kappa shape index (κ3) is 4.08. The van der Waals surface area contributed by atoms with Crippen molar-refractivity contribution in [3.05, 3.63) is 45.1 Å². The van der Waals surface area contributed by atoms with Gasteiger partial charge in [0.1, 0.15) is 5.69 Å². The number of thioether (sulfide) groups is 1. The minimum absolute atomic E-state index is 0.0148. The number of fused-ring (bicyclic) bond motifs is 1. The predicted octanol–water partition coefficient (Wildman–Crippen LogP) is 0.522. The number of hydrogen-bond donors (Lipinski definition) is 1. The Hall–Kier alpha value is -2.13. The Morgan fingerprint density at radius 3 is 2.78 bits per heavy atom. The predicted molar refractivity (Wildman–Crippen MR) is 104 cm³/mol. The lowest BCUT2D eigenvalue weighted by Gasteiger charge is -2.34. The Morgan fingerprint density at radius 2 is 2.04 bits per heavy atom. The normalized spacial score (nSPS) is 17.7. The zero-order valence-corrected chi connectivity index (χ0v) is 16.3. The third-order valence-electron chi connectivity index (χ3n) is 5.12. The van der Waals surface area contributed by atoms with Crippen molar-refractivity contribution in [2.75, 3.05) is 38.5 Å². The minimum atomic E-state index is -0.0237. The van der Waals surface area contributed by atoms with E-state index in [0.29, 0.717) is 25.3 Å². The monoisotopic (exact) mass is 388 g/mol. The van der Waals surface area contributed by atoms with E-state index in [4.69, 9.17) is 0 Å². The second-order valence-electron chi connectivity index (χ2n) is 7.05. The van der Waals surface area contributed by atoms with Gasteiger partial charge in [0.2, 0.25) is 0 Å². The molecule has 4 heterocycles. The first kappa shape index (κ1) is 18.2. The summed E-state index contributed by atoms with van der Waals surface area (Å²) in [5.74, 6) is 1.94. The second kappa shape index (κ2) is 7.85. The van der Waals surface area contributed by atoms with Crippen molar-refractivity contribution < 1.29 is 4.79 Å². The molecule has 0 aromatic carbocycles. The highest BCUT2D eigenvalue weighted by molar-refractivity contribution is 7.98. The summed E-state index contributed by atoms with van der Waals surface area (Å²) in [6, 6.07) is 3.53. The van der Waals surface area contributed by atoms with Crippen LogP contribution in [0.5, 0.6) is 0 Å². The number of nitrogens with zero attached hydrogens (tertiary/aromatic N) is 5. The van der Waals surface area contributed by atoms with E-state index in [0.717, 1.165) is 54.5 Å². The van der Waals surface area contributed by atoms with Gasteiger partial charge in [0.15, 0.2) is 0 Å². The Kier molecular flexibility index (Phi) is 5.31. The number of carbonyl (C=O) groups is 1. The smallest absolute Gasteiger partial charge is 0.274 e. The summed E-state index contributed by atoms with van der Waals surface area (Å²) < 4.78 is 1.60. The van der Waals surface area contributed by atoms with Crippen molar-refractivity contribution in [1.29, 1.82) is 0 Å². The van der Waals surface area contributed by atoms with Crippen LogP contribution in [0.15, 0.2) is 16.9 Å². The first-order chi connectivity index (χ1) is 13.1. The van der Waals surface area contributed by atoms with E-state index in [-0.39, 0.29) is 11.5 Å². The Bertz CT molecular complexity index is 884. The topological polar surface area (TPSA) is 87.1 Å². The quantitative estimate of drug-likeness (QED) is 0.822. The number of piperazine rings is 1. The second-order valence-corrected chi connectivity index (χ2v) is 8.16. The Labute approximate surface area is 161 Å². The van der Waals surface area contributed by atoms with E-state index in [1.165, 1.54) is 0 Å². The van der Waals surface area contributed by atoms with Gasteiger partial charge in [-0.25, -0.2) is 4.68 Å². The van der Waals surface area contributed by atoms with E-state index in [9.17, 15) is 9.59 Å². The van der Waals surface area contributed by atoms with Crippen LogP contribution in [-0.4, -0.2) is 74.2 Å². The van der Waals surface area contributed by atoms with Gasteiger partial charge in [-0.05, 0) is 24.3 Å². The van der Waals surface area contributed by atoms with Crippen LogP contribution in [0.2, 0.25) is 0 Å². The minimum Gasteiger partial charge on any atom is -0.335 e. The molecule has 0 bridgehead atoms. The van der Waals surface area contributed by atoms with Crippen molar-refractivity contribution in [2.45, 2.75) is 25.6 Å². The maximum Gasteiger partial charge on any atom is 0.274 e. The van der Waals surface area contributed by atoms with E-state index in [2.05, 4.69) is 20.2 Å². The molecule has 0 saturated carbocycles. The van der Waals surface area contributed by atoms with E-state index in [1.807, 2.05) is 23.6 Å². The summed E-state index contributed by atoms with van der Waals surface area (Å²) in [5, 5.41) is 11.4. The lowest BCUT2D eigenvalue weighted by atomic mass is 10.2. The SMILES string of the molecule is Cc1cc(C(=O)N2CCN(CCn3nc4c(cc3=O)CSCC4)CC2)n[nH]1. The summed E-state index contributed by atoms with van der Waals surface area (Å²) in [6.45, 7) is 6.19. The number of amides is 1. The summed E-state index contributed by atoms with van der Waals surface area (Å²) in [5.41, 5.74) is 3.51. The van der Waals surface area contributed by atoms with E-state index >= 15 is 0 Å². The molecule has 8 nitrogen and oxygen atoms in total. The lowest BCUT2D eigenvalue weighted by molar-refractivity contribution is 0.0625. The highest BCUT2D eigenvalue weighted by Gasteiger charge is 2.23. The van der Waals surface area contributed by atoms with Crippen LogP contribution < -0.4 is 5.56 Å². The number of H-pyrrole nitrogens is 1. The zero-order chi connectivity index (χ0) is 18.8. The molecule has 2 aromatic rings. The fourth-order valence-corrected chi connectivity index (χ4v) is 4.46. The van der Waals surface area contributed by atoms with Crippen molar-refractivity contribution >= 4 is 17.7 Å². The molecular weight excluding hydrogens is 364 g/mol. The summed E-state index contributed by atoms with van der Waals surface area (Å²) in [7, 11) is 0. The Morgan fingerprint density at radius 1 is 1.22 bits per heavy atom. The van der Waals surface area contributed by atoms with Gasteiger partial charge in [0.25, 0.3) is 11.5 Å². The van der Waals surface area contributed by atoms with Crippen molar-refractivity contribution in [3.8, 4) is 0 Å². The lowest BCUT2D eigenvalue weighted by Crippen LogP contribution is -2.49. The van der Waals surface area contributed by atoms with E-state index < -0.39 is 0 Å². The van der Waals surface area contributed by atoms with Gasteiger partial charge in [0.05, 0.1) is 12.2 Å². The van der Waals surface area contributed by atoms with Crippen molar-refractivity contribution in [1.82, 2.24) is 29.8 Å². The molecule has 4 rings (SSSR count). The number of aryl methyl sites for hydroxylation is 2. The Balaban J connectivity index is 1.31. The van der Waals surface area contributed by atoms with Crippen LogP contribution in [0.25, 0.3) is 0 Å². The molecule has 144 valence electrons. The zero-order valence-electron chi connectivity index (χ0n) is 15.5. The molecule has 1 N–H and O–H groups in total. The molecule has 0 unspecified atom stereocenters. The van der Waals surface area contributed by atoms with E-state index in [1.54, 1.807) is 16.8 Å². The van der Waals surface area contributed by atoms with Crippen molar-refractivity contribution in [2.24, 2.45) is 0 Å². The maximum absolute atomic E-state index is 12.4. The first-order valence-electron chi connectivity index (χ1n) is 9.31. The van der Waals surface area contributed by atoms with Gasteiger partial charge in [0, 0.05) is 56.7 Å². The van der Waals surface area contributed by atoms with Crippen LogP contribution in [-0.2, 0) is 18.7 Å². The number of carbonyl (C=O) groups excluding carboxylic acids is 1. The van der Waals surface area contributed by atoms with Gasteiger partial charge in [-0.2, -0.15) is 22.0 Å². The van der Waals surface area contributed by atoms with Gasteiger partial charge >= 0.3 is 0 Å². The van der Waals surface area contributed by atoms with Gasteiger partial charge in [-0.3, -0.25) is 19.6 Å². The van der Waals surface area contributed by atoms with Crippen LogP contribution in [0, 0.1) is 6.92 Å². The molecule has 0 radical (unpaired) electrons. The fourth-order valence-electron chi connectivity index (χ4n) is 3.51. The molecule has 9 heteroatoms. The fraction of sp³-hybridized carbons (Fsp3) is 0.556. The molecule has 1 fully saturated rings. The average Bonchev–Trinajstić information content (AvgIpc) is 3.12. The number of hydrogen-bond acceptors (Lipinski definition) is 6. The molecule has 0 atom stereocenters. The molecule has 0 aliphatic carbocycles. The first-order valence-corrected chi connectivity index (χ1v) is 10.5. The van der Waals surface area contributed by atoms with Gasteiger partial charge in [-0.15, -0.1) is 0 Å². The molecule has 2 aliphatic heterocycles. The molecule has 1 saturated heterocycles. The molecule has 2 aliphatic rings. The standard InChI is InChI=1S/C18H24N6O2S/c1-13-10-16(20-19-13)18(26)23-6-3-22(4-7-23)5-8-24-17(25)11-14-12-27-9-2-15(14)21-24/h10-11H,2-9,12H2,1H3,(H,19,20). The molecule has 1 amide bonds. The summed E-state index contributed by atoms with van der Waals surface area (Å²) in [4.78, 5) is 28.8. The van der Waals surface area contributed by atoms with Gasteiger partial charge in [-0.1, -0.05) is 0 Å². The largest absolute Gasteiger partial charge is 0.335 e. The molecule has 2 aromatic heterocycles. The summed E-state index contributed by atoms with van der Waals surface area (Å²) >= 11 is 1.86. The molecule has 27 heavy (non-hydrogen) atoms. The third-order valence-corrected chi connectivity index (χ3v) is 6.13. The number of rotatable bonds is 4. The van der Waals surface area contributed by atoms with Crippen LogP contribution in [0.4, 0.5) is 0 Å². The van der Waals surface area contributed by atoms with Crippen LogP contribution in [0.1, 0.15) is 27.4 Å². The van der Waals surface area contributed by atoms with Gasteiger partial charge < -0.3 is 4.90 Å². The summed E-state index contributed by atoms with van der Waals surface area (Å²) in [6.07, 6.45) is 0.938. The van der Waals surface area contributed by atoms with Crippen LogP contribution >= 0.6 is 11.8 Å².